The fourth-order valence-corrected chi connectivity index (χ4v) is 2.24. The van der Waals surface area contributed by atoms with Gasteiger partial charge in [-0.1, -0.05) is 18.2 Å². The van der Waals surface area contributed by atoms with Crippen molar-refractivity contribution in [2.24, 2.45) is 0 Å². The predicted octanol–water partition coefficient (Wildman–Crippen LogP) is 3.15. The smallest absolute Gasteiger partial charge is 0.179 e. The van der Waals surface area contributed by atoms with Crippen molar-refractivity contribution >= 4 is 11.5 Å². The Morgan fingerprint density at radius 2 is 1.81 bits per heavy atom. The van der Waals surface area contributed by atoms with Crippen molar-refractivity contribution in [1.29, 1.82) is 0 Å². The molecule has 0 fully saturated rings. The summed E-state index contributed by atoms with van der Waals surface area (Å²) in [5, 5.41) is 0. The van der Waals surface area contributed by atoms with Gasteiger partial charge in [0.2, 0.25) is 0 Å². The van der Waals surface area contributed by atoms with Crippen molar-refractivity contribution in [2.45, 2.75) is 26.2 Å². The largest absolute Gasteiger partial charge is 0.342 e. The molecule has 0 amide bonds. The molecule has 0 spiro atoms. The second kappa shape index (κ2) is 4.52. The maximum absolute atomic E-state index is 11.9. The Morgan fingerprint density at radius 1 is 1.12 bits per heavy atom. The first-order chi connectivity index (χ1) is 7.70. The molecule has 0 heterocycles. The van der Waals surface area contributed by atoms with Gasteiger partial charge < -0.3 is 4.90 Å². The third-order valence-corrected chi connectivity index (χ3v) is 3.10. The molecule has 2 rings (SSSR count). The van der Waals surface area contributed by atoms with E-state index in [0.717, 1.165) is 24.2 Å². The van der Waals surface area contributed by atoms with Crippen LogP contribution in [0.5, 0.6) is 0 Å². The lowest BCUT2D eigenvalue weighted by Crippen LogP contribution is -2.26. The van der Waals surface area contributed by atoms with Crippen LogP contribution in [0.15, 0.2) is 41.6 Å². The number of carbonyl (C=O) groups is 1. The third-order valence-electron chi connectivity index (χ3n) is 3.10. The Morgan fingerprint density at radius 3 is 2.44 bits per heavy atom. The monoisotopic (exact) mass is 215 g/mol. The highest BCUT2D eigenvalue weighted by molar-refractivity contribution is 6.00. The summed E-state index contributed by atoms with van der Waals surface area (Å²) in [4.78, 5) is 13.9. The molecule has 0 atom stereocenters. The lowest BCUT2D eigenvalue weighted by Gasteiger charge is -2.26. The normalized spacial score (nSPS) is 16.5. The first-order valence-electron chi connectivity index (χ1n) is 5.72. The van der Waals surface area contributed by atoms with E-state index in [1.54, 1.807) is 0 Å². The summed E-state index contributed by atoms with van der Waals surface area (Å²) in [7, 11) is 1.97. The van der Waals surface area contributed by atoms with Crippen molar-refractivity contribution in [2.75, 3.05) is 11.9 Å². The number of Topliss-reactive ketones (excluding diaryl/α,β-unsaturated/α-hetero) is 1. The Bertz CT molecular complexity index is 420. The average Bonchev–Trinajstić information content (AvgIpc) is 2.30. The Hall–Kier alpha value is -1.57. The van der Waals surface area contributed by atoms with Gasteiger partial charge in [0.05, 0.1) is 5.70 Å². The van der Waals surface area contributed by atoms with Crippen molar-refractivity contribution in [3.05, 3.63) is 41.6 Å². The number of ketones is 1. The molecule has 1 aromatic rings. The zero-order valence-electron chi connectivity index (χ0n) is 9.86. The number of allylic oxidation sites excluding steroid dienone is 2. The first-order valence-corrected chi connectivity index (χ1v) is 5.72. The second-order valence-corrected chi connectivity index (χ2v) is 4.30. The second-order valence-electron chi connectivity index (χ2n) is 4.30. The van der Waals surface area contributed by atoms with E-state index in [9.17, 15) is 4.79 Å². The molecule has 0 saturated carbocycles. The lowest BCUT2D eigenvalue weighted by molar-refractivity contribution is -0.116. The molecule has 16 heavy (non-hydrogen) atoms. The van der Waals surface area contributed by atoms with Gasteiger partial charge in [-0.25, -0.2) is 0 Å². The lowest BCUT2D eigenvalue weighted by atomic mass is 9.95. The molecule has 0 unspecified atom stereocenters. The van der Waals surface area contributed by atoms with Crippen molar-refractivity contribution in [3.8, 4) is 0 Å². The highest BCUT2D eigenvalue weighted by Crippen LogP contribution is 2.27. The standard InChI is InChI=1S/C14H17NO/c1-11-7-6-10-13(16)14(11)15(2)12-8-4-3-5-9-12/h3-5,8-9H,6-7,10H2,1-2H3. The first kappa shape index (κ1) is 10.9. The predicted molar refractivity (Wildman–Crippen MR) is 66.4 cm³/mol. The van der Waals surface area contributed by atoms with Gasteiger partial charge >= 0.3 is 0 Å². The summed E-state index contributed by atoms with van der Waals surface area (Å²) >= 11 is 0. The van der Waals surface area contributed by atoms with Crippen LogP contribution in [-0.4, -0.2) is 12.8 Å². The van der Waals surface area contributed by atoms with E-state index in [4.69, 9.17) is 0 Å². The molecule has 84 valence electrons. The Labute approximate surface area is 96.6 Å². The van der Waals surface area contributed by atoms with Crippen LogP contribution >= 0.6 is 0 Å². The molecule has 0 radical (unpaired) electrons. The van der Waals surface area contributed by atoms with Crippen molar-refractivity contribution in [3.63, 3.8) is 0 Å². The zero-order valence-corrected chi connectivity index (χ0v) is 9.86. The van der Waals surface area contributed by atoms with Crippen LogP contribution in [0.2, 0.25) is 0 Å². The van der Waals surface area contributed by atoms with Crippen LogP contribution in [-0.2, 0) is 4.79 Å². The van der Waals surface area contributed by atoms with Gasteiger partial charge in [-0.15, -0.1) is 0 Å². The van der Waals surface area contributed by atoms with Gasteiger partial charge in [-0.2, -0.15) is 0 Å². The molecular weight excluding hydrogens is 198 g/mol. The number of para-hydroxylation sites is 1. The third kappa shape index (κ3) is 2.01. The van der Waals surface area contributed by atoms with Crippen LogP contribution in [0, 0.1) is 0 Å². The number of likely N-dealkylation sites (N-methyl/N-ethyl adjacent to an activating group) is 1. The van der Waals surface area contributed by atoms with Crippen LogP contribution in [0.4, 0.5) is 5.69 Å². The zero-order chi connectivity index (χ0) is 11.5. The number of anilines is 1. The number of carbonyl (C=O) groups excluding carboxylic acids is 1. The van der Waals surface area contributed by atoms with Crippen LogP contribution in [0.25, 0.3) is 0 Å². The molecule has 1 aliphatic rings. The Kier molecular flexibility index (Phi) is 3.09. The minimum atomic E-state index is 0.273. The number of rotatable bonds is 2. The summed E-state index contributed by atoms with van der Waals surface area (Å²) in [6, 6.07) is 10.0. The highest BCUT2D eigenvalue weighted by Gasteiger charge is 2.21. The minimum Gasteiger partial charge on any atom is -0.342 e. The average molecular weight is 215 g/mol. The van der Waals surface area contributed by atoms with Crippen LogP contribution in [0.1, 0.15) is 26.2 Å². The number of nitrogens with zero attached hydrogens (tertiary/aromatic N) is 1. The SMILES string of the molecule is CC1=C(N(C)c2ccccc2)C(=O)CCC1. The van der Waals surface area contributed by atoms with Gasteiger partial charge in [0.25, 0.3) is 0 Å². The number of hydrogen-bond acceptors (Lipinski definition) is 2. The number of hydrogen-bond donors (Lipinski definition) is 0. The fourth-order valence-electron chi connectivity index (χ4n) is 2.24. The Balaban J connectivity index is 2.34. The molecular formula is C14H17NO. The fraction of sp³-hybridized carbons (Fsp3) is 0.357. The number of benzene rings is 1. The maximum Gasteiger partial charge on any atom is 0.179 e. The summed E-state index contributed by atoms with van der Waals surface area (Å²) in [5.41, 5.74) is 3.17. The van der Waals surface area contributed by atoms with Crippen LogP contribution < -0.4 is 4.90 Å². The minimum absolute atomic E-state index is 0.273. The van der Waals surface area contributed by atoms with E-state index in [0.29, 0.717) is 6.42 Å². The topological polar surface area (TPSA) is 20.3 Å². The molecule has 2 heteroatoms. The van der Waals surface area contributed by atoms with E-state index >= 15 is 0 Å². The molecule has 0 saturated heterocycles. The van der Waals surface area contributed by atoms with Crippen LogP contribution in [0.3, 0.4) is 0 Å². The summed E-state index contributed by atoms with van der Waals surface area (Å²) in [6.07, 6.45) is 2.72. The van der Waals surface area contributed by atoms with E-state index < -0.39 is 0 Å². The summed E-state index contributed by atoms with van der Waals surface area (Å²) in [5.74, 6) is 0.273. The van der Waals surface area contributed by atoms with E-state index in [-0.39, 0.29) is 5.78 Å². The molecule has 0 aliphatic heterocycles. The molecule has 0 aromatic heterocycles. The van der Waals surface area contributed by atoms with Gasteiger partial charge in [0, 0.05) is 19.2 Å². The van der Waals surface area contributed by atoms with E-state index in [1.807, 2.05) is 42.3 Å². The molecule has 2 nitrogen and oxygen atoms in total. The van der Waals surface area contributed by atoms with E-state index in [1.165, 1.54) is 5.57 Å². The molecule has 1 aliphatic carbocycles. The molecule has 1 aromatic carbocycles. The molecule has 0 N–H and O–H groups in total. The van der Waals surface area contributed by atoms with Crippen molar-refractivity contribution < 1.29 is 4.79 Å². The maximum atomic E-state index is 11.9. The van der Waals surface area contributed by atoms with Crippen molar-refractivity contribution in [1.82, 2.24) is 0 Å². The summed E-state index contributed by atoms with van der Waals surface area (Å²) < 4.78 is 0. The van der Waals surface area contributed by atoms with E-state index in [2.05, 4.69) is 6.92 Å². The highest BCUT2D eigenvalue weighted by atomic mass is 16.1. The quantitative estimate of drug-likeness (QED) is 0.755. The van der Waals surface area contributed by atoms with Gasteiger partial charge in [0.1, 0.15) is 0 Å². The molecule has 0 bridgehead atoms. The summed E-state index contributed by atoms with van der Waals surface area (Å²) in [6.45, 7) is 2.06. The van der Waals surface area contributed by atoms with Gasteiger partial charge in [0.15, 0.2) is 5.78 Å². The van der Waals surface area contributed by atoms with Gasteiger partial charge in [-0.3, -0.25) is 4.79 Å². The van der Waals surface area contributed by atoms with Gasteiger partial charge in [-0.05, 0) is 37.5 Å².